The molecule has 0 fully saturated rings. The number of hydrogen-bond acceptors (Lipinski definition) is 2. The maximum absolute atomic E-state index is 14.3. The van der Waals surface area contributed by atoms with Gasteiger partial charge in [0, 0.05) is 5.56 Å². The molecule has 0 saturated heterocycles. The van der Waals surface area contributed by atoms with Crippen molar-refractivity contribution in [3.05, 3.63) is 29.6 Å². The van der Waals surface area contributed by atoms with Crippen LogP contribution in [0.5, 0.6) is 5.75 Å². The lowest BCUT2D eigenvalue weighted by atomic mass is 9.77. The number of methoxy groups -OCH3 is 1. The predicted octanol–water partition coefficient (Wildman–Crippen LogP) is 3.49. The van der Waals surface area contributed by atoms with Crippen LogP contribution in [0.3, 0.4) is 0 Å². The van der Waals surface area contributed by atoms with Gasteiger partial charge in [0.2, 0.25) is 0 Å². The molecule has 2 nitrogen and oxygen atoms in total. The molecule has 114 valence electrons. The summed E-state index contributed by atoms with van der Waals surface area (Å²) in [6, 6.07) is 3.24. The topological polar surface area (TPSA) is 29.5 Å². The zero-order chi connectivity index (χ0) is 15.5. The molecule has 0 bridgehead atoms. The summed E-state index contributed by atoms with van der Waals surface area (Å²) in [5.41, 5.74) is -2.01. The summed E-state index contributed by atoms with van der Waals surface area (Å²) in [5.74, 6) is -0.626. The highest BCUT2D eigenvalue weighted by Gasteiger charge is 2.45. The second-order valence-electron chi connectivity index (χ2n) is 4.62. The van der Waals surface area contributed by atoms with Crippen LogP contribution in [-0.2, 0) is 5.41 Å². The van der Waals surface area contributed by atoms with Crippen molar-refractivity contribution in [2.45, 2.75) is 28.8 Å². The van der Waals surface area contributed by atoms with Gasteiger partial charge in [0.15, 0.2) is 4.18 Å². The fourth-order valence-electron chi connectivity index (χ4n) is 1.93. The van der Waals surface area contributed by atoms with Gasteiger partial charge in [-0.15, -0.1) is 0 Å². The molecule has 4 atom stereocenters. The van der Waals surface area contributed by atoms with E-state index in [1.54, 1.807) is 0 Å². The molecule has 7 heteroatoms. The van der Waals surface area contributed by atoms with Crippen molar-refractivity contribution in [1.29, 1.82) is 0 Å². The maximum atomic E-state index is 14.3. The zero-order valence-corrected chi connectivity index (χ0v) is 13.1. The number of benzene rings is 1. The van der Waals surface area contributed by atoms with Crippen LogP contribution in [0.4, 0.5) is 17.6 Å². The van der Waals surface area contributed by atoms with Crippen LogP contribution in [0.25, 0.3) is 0 Å². The molecule has 0 amide bonds. The molecule has 0 aliphatic rings. The number of alkyl halides is 4. The van der Waals surface area contributed by atoms with Crippen molar-refractivity contribution in [1.82, 2.24) is 0 Å². The first-order chi connectivity index (χ1) is 9.27. The zero-order valence-electron chi connectivity index (χ0n) is 10.9. The largest absolute Gasteiger partial charge is 0.496 e. The van der Waals surface area contributed by atoms with Crippen LogP contribution in [0.1, 0.15) is 12.5 Å². The first kappa shape index (κ1) is 17.5. The van der Waals surface area contributed by atoms with E-state index in [0.29, 0.717) is 0 Å². The highest BCUT2D eigenvalue weighted by atomic mass is 127. The first-order valence-corrected chi connectivity index (χ1v) is 7.02. The van der Waals surface area contributed by atoms with Crippen molar-refractivity contribution in [2.24, 2.45) is 0 Å². The van der Waals surface area contributed by atoms with Crippen LogP contribution in [0.2, 0.25) is 0 Å². The van der Waals surface area contributed by atoms with E-state index in [2.05, 4.69) is 0 Å². The molecule has 0 heterocycles. The molecule has 4 unspecified atom stereocenters. The molecular weight excluding hydrogens is 391 g/mol. The summed E-state index contributed by atoms with van der Waals surface area (Å²) in [4.78, 5) is 0. The highest BCUT2D eigenvalue weighted by molar-refractivity contribution is 14.1. The van der Waals surface area contributed by atoms with Crippen LogP contribution >= 0.6 is 22.6 Å². The number of aliphatic hydroxyl groups excluding tert-OH is 1. The lowest BCUT2D eigenvalue weighted by Gasteiger charge is -2.34. The smallest absolute Gasteiger partial charge is 0.179 e. The number of hydrogen-bond donors (Lipinski definition) is 1. The van der Waals surface area contributed by atoms with Crippen LogP contribution in [-0.4, -0.2) is 35.3 Å². The molecule has 0 aromatic heterocycles. The lowest BCUT2D eigenvalue weighted by molar-refractivity contribution is 0.00197. The Hall–Kier alpha value is -0.570. The average molecular weight is 406 g/mol. The summed E-state index contributed by atoms with van der Waals surface area (Å²) in [6.07, 6.45) is -4.28. The lowest BCUT2D eigenvalue weighted by Crippen LogP contribution is -2.46. The highest BCUT2D eigenvalue weighted by Crippen LogP contribution is 2.39. The Bertz CT molecular complexity index is 458. The first-order valence-electron chi connectivity index (χ1n) is 5.78. The minimum Gasteiger partial charge on any atom is -0.496 e. The van der Waals surface area contributed by atoms with Crippen LogP contribution in [0.15, 0.2) is 18.2 Å². The van der Waals surface area contributed by atoms with Gasteiger partial charge in [0.05, 0.1) is 12.5 Å². The Labute approximate surface area is 128 Å². The number of rotatable bonds is 6. The Morgan fingerprint density at radius 3 is 2.45 bits per heavy atom. The fraction of sp³-hybridized carbons (Fsp3) is 0.538. The van der Waals surface area contributed by atoms with E-state index >= 15 is 0 Å². The molecule has 1 aromatic rings. The normalized spacial score (nSPS) is 19.0. The quantitative estimate of drug-likeness (QED) is 0.446. The summed E-state index contributed by atoms with van der Waals surface area (Å²) >= 11 is 1.20. The standard InChI is InChI=1S/C13H15F4IO2/c1-13(6-14,11(16)10(19)12(17)18)8-5-7(15)3-4-9(8)20-2/h3-5,10-12,19H,6H2,1-2H3. The van der Waals surface area contributed by atoms with Crippen LogP contribution in [0, 0.1) is 5.82 Å². The maximum Gasteiger partial charge on any atom is 0.179 e. The Morgan fingerprint density at radius 1 is 1.40 bits per heavy atom. The van der Waals surface area contributed by atoms with Gasteiger partial charge in [0.25, 0.3) is 0 Å². The van der Waals surface area contributed by atoms with Gasteiger partial charge in [0.1, 0.15) is 30.5 Å². The Kier molecular flexibility index (Phi) is 6.06. The average Bonchev–Trinajstić information content (AvgIpc) is 2.44. The molecule has 1 N–H and O–H groups in total. The second-order valence-corrected chi connectivity index (χ2v) is 5.81. The van der Waals surface area contributed by atoms with Gasteiger partial charge < -0.3 is 9.84 Å². The summed E-state index contributed by atoms with van der Waals surface area (Å²) in [5, 5.41) is 9.50. The number of halogens is 5. The predicted molar refractivity (Wildman–Crippen MR) is 76.1 cm³/mol. The molecule has 0 spiro atoms. The third-order valence-corrected chi connectivity index (χ3v) is 3.96. The van der Waals surface area contributed by atoms with E-state index in [1.807, 2.05) is 0 Å². The van der Waals surface area contributed by atoms with Crippen molar-refractivity contribution < 1.29 is 27.4 Å². The minimum absolute atomic E-state index is 0.0743. The van der Waals surface area contributed by atoms with E-state index in [0.717, 1.165) is 19.1 Å². The van der Waals surface area contributed by atoms with Gasteiger partial charge in [-0.05, 0) is 47.7 Å². The summed E-state index contributed by atoms with van der Waals surface area (Å²) in [7, 11) is 1.27. The second kappa shape index (κ2) is 6.93. The van der Waals surface area contributed by atoms with Gasteiger partial charge in [-0.1, -0.05) is 0 Å². The molecule has 0 aliphatic carbocycles. The van der Waals surface area contributed by atoms with E-state index in [-0.39, 0.29) is 11.3 Å². The molecule has 20 heavy (non-hydrogen) atoms. The number of ether oxygens (including phenoxy) is 1. The monoisotopic (exact) mass is 406 g/mol. The third kappa shape index (κ3) is 3.36. The van der Waals surface area contributed by atoms with Crippen molar-refractivity contribution in [3.63, 3.8) is 0 Å². The molecule has 1 aromatic carbocycles. The summed E-state index contributed by atoms with van der Waals surface area (Å²) in [6.45, 7) is -0.0917. The Morgan fingerprint density at radius 2 is 2.00 bits per heavy atom. The SMILES string of the molecule is COc1ccc(F)cc1C(C)(CF)C(F)C(O)C(F)I. The van der Waals surface area contributed by atoms with E-state index in [4.69, 9.17) is 4.74 Å². The Balaban J connectivity index is 3.32. The van der Waals surface area contributed by atoms with Crippen LogP contribution < -0.4 is 4.74 Å². The van der Waals surface area contributed by atoms with Gasteiger partial charge in [-0.3, -0.25) is 4.39 Å². The third-order valence-electron chi connectivity index (χ3n) is 3.22. The molecule has 0 radical (unpaired) electrons. The van der Waals surface area contributed by atoms with Crippen molar-refractivity contribution in [3.8, 4) is 5.75 Å². The van der Waals surface area contributed by atoms with Gasteiger partial charge in [-0.25, -0.2) is 13.2 Å². The van der Waals surface area contributed by atoms with Crippen molar-refractivity contribution >= 4 is 22.6 Å². The van der Waals surface area contributed by atoms with E-state index in [1.165, 1.54) is 35.8 Å². The van der Waals surface area contributed by atoms with E-state index in [9.17, 15) is 22.7 Å². The molecule has 1 rings (SSSR count). The number of aliphatic hydroxyl groups is 1. The molecule has 0 saturated carbocycles. The van der Waals surface area contributed by atoms with Gasteiger partial charge >= 0.3 is 0 Å². The molecular formula is C13H15F4IO2. The minimum atomic E-state index is -2.25. The fourth-order valence-corrected chi connectivity index (χ4v) is 2.29. The van der Waals surface area contributed by atoms with Crippen molar-refractivity contribution in [2.75, 3.05) is 13.8 Å². The summed E-state index contributed by atoms with van der Waals surface area (Å²) < 4.78 is 57.2. The molecule has 0 aliphatic heterocycles. The van der Waals surface area contributed by atoms with Gasteiger partial charge in [-0.2, -0.15) is 0 Å². The van der Waals surface area contributed by atoms with E-state index < -0.39 is 34.4 Å².